The molecule has 3 aromatic carbocycles. The molecule has 39 heavy (non-hydrogen) atoms. The second-order valence-corrected chi connectivity index (χ2v) is 10.3. The first kappa shape index (κ1) is 25.1. The van der Waals surface area contributed by atoms with E-state index in [-0.39, 0.29) is 18.1 Å². The number of H-pyrrole nitrogens is 1. The normalized spacial score (nSPS) is 17.7. The number of nitrogens with zero attached hydrogens (tertiary/aromatic N) is 4. The van der Waals surface area contributed by atoms with Gasteiger partial charge in [-0.15, -0.1) is 0 Å². The number of carbonyl (C=O) groups excluding carboxylic acids is 1. The number of aromatic nitrogens is 4. The van der Waals surface area contributed by atoms with Crippen LogP contribution in [0.3, 0.4) is 0 Å². The van der Waals surface area contributed by atoms with Crippen LogP contribution in [-0.4, -0.2) is 49.3 Å². The fraction of sp³-hybridized carbons (Fsp3) is 0.250. The molecule has 3 heterocycles. The van der Waals surface area contributed by atoms with Crippen LogP contribution >= 0.6 is 11.6 Å². The zero-order valence-corrected chi connectivity index (χ0v) is 21.9. The third-order valence-electron chi connectivity index (χ3n) is 7.32. The minimum absolute atomic E-state index is 0.169. The molecular weight excluding hydrogens is 521 g/mol. The number of nitrogens with one attached hydrogen (secondary N) is 3. The van der Waals surface area contributed by atoms with E-state index in [0.717, 1.165) is 16.6 Å². The fourth-order valence-electron chi connectivity index (χ4n) is 5.60. The van der Waals surface area contributed by atoms with Crippen LogP contribution in [0.2, 0.25) is 5.02 Å². The molecule has 0 radical (unpaired) electrons. The maximum atomic E-state index is 14.5. The lowest BCUT2D eigenvalue weighted by Gasteiger charge is -2.38. The number of aliphatic hydroxyl groups is 1. The van der Waals surface area contributed by atoms with Crippen molar-refractivity contribution in [2.24, 2.45) is 0 Å². The number of aliphatic hydroxyl groups excluding tert-OH is 1. The first-order chi connectivity index (χ1) is 18.8. The van der Waals surface area contributed by atoms with Gasteiger partial charge in [0.2, 0.25) is 11.5 Å². The first-order valence-electron chi connectivity index (χ1n) is 12.7. The Morgan fingerprint density at radius 3 is 2.87 bits per heavy atom. The quantitative estimate of drug-likeness (QED) is 0.261. The van der Waals surface area contributed by atoms with Crippen molar-refractivity contribution in [3.8, 4) is 0 Å². The van der Waals surface area contributed by atoms with Gasteiger partial charge in [0.1, 0.15) is 5.82 Å². The molecule has 0 bridgehead atoms. The van der Waals surface area contributed by atoms with Crippen molar-refractivity contribution in [2.45, 2.75) is 32.0 Å². The minimum atomic E-state index is -0.867. The molecule has 0 unspecified atom stereocenters. The Morgan fingerprint density at radius 1 is 1.23 bits per heavy atom. The molecular formula is C28H27ClFN7O2. The van der Waals surface area contributed by atoms with Gasteiger partial charge in [0, 0.05) is 25.0 Å². The van der Waals surface area contributed by atoms with Crippen LogP contribution in [0.25, 0.3) is 22.1 Å². The van der Waals surface area contributed by atoms with Crippen LogP contribution in [0, 0.1) is 11.2 Å². The Labute approximate surface area is 228 Å². The number of carbonyl (C=O) groups is 1. The minimum Gasteiger partial charge on any atom is -0.389 e. The Kier molecular flexibility index (Phi) is 6.36. The van der Waals surface area contributed by atoms with E-state index < -0.39 is 18.0 Å². The lowest BCUT2D eigenvalue weighted by Crippen LogP contribution is -2.47. The zero-order chi connectivity index (χ0) is 27.3. The molecule has 2 atom stereocenters. The number of benzene rings is 3. The molecule has 6 rings (SSSR count). The average Bonchev–Trinajstić information content (AvgIpc) is 3.48. The number of aromatic amines is 1. The highest BCUT2D eigenvalue weighted by Gasteiger charge is 2.32. The van der Waals surface area contributed by atoms with Crippen LogP contribution in [-0.2, 0) is 11.3 Å². The summed E-state index contributed by atoms with van der Waals surface area (Å²) in [5.74, 6) is -0.614. The van der Waals surface area contributed by atoms with Gasteiger partial charge in [-0.05, 0) is 54.4 Å². The van der Waals surface area contributed by atoms with E-state index in [1.54, 1.807) is 35.2 Å². The van der Waals surface area contributed by atoms with Gasteiger partial charge in [0.15, 0.2) is 0 Å². The van der Waals surface area contributed by atoms with Crippen LogP contribution in [0.4, 0.5) is 15.8 Å². The number of amides is 1. The number of hydrogen-bond donors (Lipinski definition) is 4. The number of β-amino-alcohol motifs (C(OH)–C–C–N with tert-alkyl or cyclic N) is 1. The van der Waals surface area contributed by atoms with Crippen molar-refractivity contribution in [3.63, 3.8) is 0 Å². The van der Waals surface area contributed by atoms with E-state index in [9.17, 15) is 14.3 Å². The number of para-hydroxylation sites is 1. The topological polar surface area (TPSA) is 115 Å². The molecule has 1 aliphatic rings. The summed E-state index contributed by atoms with van der Waals surface area (Å²) in [6.45, 7) is 2.59. The van der Waals surface area contributed by atoms with Crippen molar-refractivity contribution in [3.05, 3.63) is 82.9 Å². The Balaban J connectivity index is 1.37. The van der Waals surface area contributed by atoms with Gasteiger partial charge in [-0.25, -0.2) is 9.37 Å². The van der Waals surface area contributed by atoms with Gasteiger partial charge in [-0.1, -0.05) is 23.7 Å². The van der Waals surface area contributed by atoms with E-state index in [0.29, 0.717) is 46.9 Å². The van der Waals surface area contributed by atoms with Crippen molar-refractivity contribution < 1.29 is 14.3 Å². The first-order valence-corrected chi connectivity index (χ1v) is 13.0. The largest absolute Gasteiger partial charge is 0.389 e. The predicted molar refractivity (Wildman–Crippen MR) is 149 cm³/mol. The highest BCUT2D eigenvalue weighted by atomic mass is 35.5. The summed E-state index contributed by atoms with van der Waals surface area (Å²) >= 11 is 6.26. The van der Waals surface area contributed by atoms with Gasteiger partial charge in [0.05, 0.1) is 58.5 Å². The third-order valence-corrected chi connectivity index (χ3v) is 7.56. The molecule has 0 saturated carbocycles. The number of halogens is 2. The van der Waals surface area contributed by atoms with Crippen molar-refractivity contribution in [1.82, 2.24) is 19.1 Å². The summed E-state index contributed by atoms with van der Waals surface area (Å²) in [5.41, 5.74) is 5.39. The smallest absolute Gasteiger partial charge is 0.221 e. The molecule has 1 amide bonds. The van der Waals surface area contributed by atoms with Gasteiger partial charge >= 0.3 is 0 Å². The molecule has 4 N–H and O–H groups in total. The summed E-state index contributed by atoms with van der Waals surface area (Å²) in [6, 6.07) is 15.1. The Morgan fingerprint density at radius 2 is 2.08 bits per heavy atom. The Hall–Kier alpha value is -4.15. The summed E-state index contributed by atoms with van der Waals surface area (Å²) in [4.78, 5) is 21.3. The van der Waals surface area contributed by atoms with Crippen LogP contribution in [0.5, 0.6) is 0 Å². The van der Waals surface area contributed by atoms with E-state index in [1.165, 1.54) is 19.1 Å². The molecule has 200 valence electrons. The van der Waals surface area contributed by atoms with Crippen molar-refractivity contribution in [2.75, 3.05) is 23.3 Å². The van der Waals surface area contributed by atoms with Gasteiger partial charge in [0.25, 0.3) is 0 Å². The lowest BCUT2D eigenvalue weighted by molar-refractivity contribution is -0.114. The number of fused-ring (bicyclic) bond motifs is 2. The number of piperidine rings is 1. The molecule has 11 heteroatoms. The molecule has 1 saturated heterocycles. The molecule has 5 aromatic rings. The molecule has 1 aliphatic heterocycles. The summed E-state index contributed by atoms with van der Waals surface area (Å²) in [6.07, 6.45) is 1.27. The summed E-state index contributed by atoms with van der Waals surface area (Å²) < 4.78 is 18.0. The molecule has 0 aliphatic carbocycles. The number of hydrogen-bond acceptors (Lipinski definition) is 5. The second kappa shape index (κ2) is 9.87. The predicted octanol–water partition coefficient (Wildman–Crippen LogP) is 4.41. The third kappa shape index (κ3) is 4.55. The van der Waals surface area contributed by atoms with Gasteiger partial charge < -0.3 is 29.4 Å². The molecule has 0 spiro atoms. The van der Waals surface area contributed by atoms with Gasteiger partial charge in [-0.2, -0.15) is 0 Å². The highest BCUT2D eigenvalue weighted by molar-refractivity contribution is 6.31. The van der Waals surface area contributed by atoms with E-state index in [4.69, 9.17) is 17.0 Å². The molecule has 9 nitrogen and oxygen atoms in total. The van der Waals surface area contributed by atoms with Crippen LogP contribution in [0.1, 0.15) is 24.9 Å². The highest BCUT2D eigenvalue weighted by Crippen LogP contribution is 2.35. The monoisotopic (exact) mass is 547 g/mol. The fourth-order valence-corrected chi connectivity index (χ4v) is 5.76. The second-order valence-electron chi connectivity index (χ2n) is 9.84. The summed E-state index contributed by atoms with van der Waals surface area (Å²) in [7, 11) is 0. The number of anilines is 2. The van der Waals surface area contributed by atoms with E-state index in [1.807, 2.05) is 27.7 Å². The van der Waals surface area contributed by atoms with E-state index in [2.05, 4.69) is 15.3 Å². The maximum Gasteiger partial charge on any atom is 0.221 e. The summed E-state index contributed by atoms with van der Waals surface area (Å²) in [5, 5.41) is 23.9. The number of rotatable bonds is 5. The molecule has 2 aromatic heterocycles. The standard InChI is InChI=1S/C28H27ClFN7O2/c1-16(38)34-20-7-5-18(29)11-24(20)35-10-9-23(26(39)14-35)37-25-12-19(30)6-8-22(25)36(28(37)31)13-17-3-2-4-21-27(17)33-15-32-21/h2-8,11-12,15,23,26,31,39H,9-10,13-14H2,1H3,(H,32,33)(H,34,38)/t23-,26-/m1/s1. The van der Waals surface area contributed by atoms with Crippen LogP contribution < -0.4 is 15.8 Å². The van der Waals surface area contributed by atoms with Crippen LogP contribution in [0.15, 0.2) is 60.9 Å². The van der Waals surface area contributed by atoms with Crippen molar-refractivity contribution in [1.29, 1.82) is 5.41 Å². The number of imidazole rings is 2. The van der Waals surface area contributed by atoms with Gasteiger partial charge in [-0.3, -0.25) is 10.2 Å². The SMILES string of the molecule is CC(=O)Nc1ccc(Cl)cc1N1CC[C@@H](n2c(=N)n(Cc3cccc4[nH]cnc34)c3ccc(F)cc32)[C@H](O)C1. The van der Waals surface area contributed by atoms with Crippen molar-refractivity contribution >= 4 is 50.9 Å². The average molecular weight is 548 g/mol. The zero-order valence-electron chi connectivity index (χ0n) is 21.2. The molecule has 1 fully saturated rings. The maximum absolute atomic E-state index is 14.5. The Bertz CT molecular complexity index is 1780. The van der Waals surface area contributed by atoms with E-state index >= 15 is 0 Å². The lowest BCUT2D eigenvalue weighted by atomic mass is 10.00.